The maximum absolute atomic E-state index is 11.7. The number of nitrogens with zero attached hydrogens (tertiary/aromatic N) is 1. The lowest BCUT2D eigenvalue weighted by Gasteiger charge is -2.18. The monoisotopic (exact) mass is 365 g/mol. The van der Waals surface area contributed by atoms with Crippen LogP contribution in [-0.2, 0) is 4.79 Å². The fourth-order valence-electron chi connectivity index (χ4n) is 1.84. The van der Waals surface area contributed by atoms with Gasteiger partial charge in [-0.15, -0.1) is 24.8 Å². The molecule has 0 saturated carbocycles. The van der Waals surface area contributed by atoms with Gasteiger partial charge >= 0.3 is 0 Å². The number of hydrogen-bond donors (Lipinski definition) is 2. The molecule has 1 aromatic carbocycles. The number of nitrogens with two attached hydrogens (primary N) is 1. The van der Waals surface area contributed by atoms with Gasteiger partial charge in [0.2, 0.25) is 5.91 Å². The van der Waals surface area contributed by atoms with Gasteiger partial charge in [0.1, 0.15) is 12.4 Å². The van der Waals surface area contributed by atoms with E-state index in [0.29, 0.717) is 13.2 Å². The number of anilines is 1. The molecule has 1 amide bonds. The van der Waals surface area contributed by atoms with E-state index in [9.17, 15) is 4.79 Å². The molecule has 0 heterocycles. The molecule has 0 saturated heterocycles. The second kappa shape index (κ2) is 13.4. The summed E-state index contributed by atoms with van der Waals surface area (Å²) in [6.45, 7) is 10.1. The lowest BCUT2D eigenvalue weighted by Crippen LogP contribution is -2.28. The smallest absolute Gasteiger partial charge is 0.228 e. The zero-order valence-electron chi connectivity index (χ0n) is 14.1. The Balaban J connectivity index is 0. The van der Waals surface area contributed by atoms with Crippen molar-refractivity contribution in [3.8, 4) is 5.75 Å². The van der Waals surface area contributed by atoms with Crippen LogP contribution in [0.15, 0.2) is 24.3 Å². The van der Waals surface area contributed by atoms with Crippen molar-refractivity contribution in [3.05, 3.63) is 24.3 Å². The van der Waals surface area contributed by atoms with Crippen LogP contribution in [0.1, 0.15) is 20.8 Å². The molecular weight excluding hydrogens is 337 g/mol. The van der Waals surface area contributed by atoms with Crippen LogP contribution in [0.5, 0.6) is 5.75 Å². The zero-order valence-corrected chi connectivity index (χ0v) is 15.7. The Hall–Kier alpha value is -1.01. The van der Waals surface area contributed by atoms with Gasteiger partial charge in [-0.05, 0) is 37.4 Å². The van der Waals surface area contributed by atoms with Crippen molar-refractivity contribution < 1.29 is 9.53 Å². The minimum absolute atomic E-state index is 0. The van der Waals surface area contributed by atoms with Gasteiger partial charge in [0.15, 0.2) is 0 Å². The molecule has 1 atom stereocenters. The topological polar surface area (TPSA) is 67.6 Å². The third-order valence-corrected chi connectivity index (χ3v) is 3.49. The number of nitrogens with one attached hydrogen (secondary N) is 1. The maximum atomic E-state index is 11.7. The Labute approximate surface area is 151 Å². The molecule has 0 spiro atoms. The summed E-state index contributed by atoms with van der Waals surface area (Å²) < 4.78 is 5.69. The summed E-state index contributed by atoms with van der Waals surface area (Å²) in [5, 5.41) is 2.83. The van der Waals surface area contributed by atoms with Gasteiger partial charge in [0, 0.05) is 24.7 Å². The van der Waals surface area contributed by atoms with Crippen LogP contribution >= 0.6 is 24.8 Å². The van der Waals surface area contributed by atoms with Crippen LogP contribution in [0.3, 0.4) is 0 Å². The Bertz CT molecular complexity index is 426. The fraction of sp³-hybridized carbons (Fsp3) is 0.562. The number of ether oxygens (including phenoxy) is 1. The molecule has 5 nitrogen and oxygen atoms in total. The van der Waals surface area contributed by atoms with Crippen LogP contribution in [0, 0.1) is 5.92 Å². The minimum atomic E-state index is -0.185. The number of amides is 1. The molecule has 134 valence electrons. The number of halogens is 2. The van der Waals surface area contributed by atoms with Crippen molar-refractivity contribution in [2.45, 2.75) is 20.8 Å². The molecule has 0 radical (unpaired) electrons. The van der Waals surface area contributed by atoms with Gasteiger partial charge in [-0.3, -0.25) is 4.79 Å². The van der Waals surface area contributed by atoms with Crippen LogP contribution in [0.25, 0.3) is 0 Å². The lowest BCUT2D eigenvalue weighted by molar-refractivity contribution is -0.119. The predicted octanol–water partition coefficient (Wildman–Crippen LogP) is 2.78. The maximum Gasteiger partial charge on any atom is 0.228 e. The van der Waals surface area contributed by atoms with Gasteiger partial charge in [-0.1, -0.05) is 20.8 Å². The number of benzene rings is 1. The van der Waals surface area contributed by atoms with Crippen molar-refractivity contribution in [1.29, 1.82) is 0 Å². The largest absolute Gasteiger partial charge is 0.492 e. The quantitative estimate of drug-likeness (QED) is 0.705. The lowest BCUT2D eigenvalue weighted by atomic mass is 10.1. The SMILES string of the molecule is CCN(CC)CCOc1ccc(NC(=O)C(C)CN)cc1.Cl.Cl. The van der Waals surface area contributed by atoms with Crippen molar-refractivity contribution in [1.82, 2.24) is 4.90 Å². The summed E-state index contributed by atoms with van der Waals surface area (Å²) in [6, 6.07) is 7.41. The predicted molar refractivity (Wildman–Crippen MR) is 101 cm³/mol. The van der Waals surface area contributed by atoms with E-state index in [-0.39, 0.29) is 36.6 Å². The molecule has 0 aliphatic carbocycles. The first-order chi connectivity index (χ1) is 10.1. The van der Waals surface area contributed by atoms with E-state index in [0.717, 1.165) is 31.1 Å². The summed E-state index contributed by atoms with van der Waals surface area (Å²) in [5.74, 6) is 0.565. The zero-order chi connectivity index (χ0) is 15.7. The first-order valence-electron chi connectivity index (χ1n) is 7.56. The Morgan fingerprint density at radius 1 is 1.22 bits per heavy atom. The molecule has 1 aromatic rings. The molecule has 7 heteroatoms. The summed E-state index contributed by atoms with van der Waals surface area (Å²) >= 11 is 0. The summed E-state index contributed by atoms with van der Waals surface area (Å²) in [5.41, 5.74) is 6.23. The van der Waals surface area contributed by atoms with Gasteiger partial charge < -0.3 is 20.7 Å². The Kier molecular flexibility index (Phi) is 14.2. The highest BCUT2D eigenvalue weighted by Gasteiger charge is 2.10. The Morgan fingerprint density at radius 3 is 2.26 bits per heavy atom. The molecule has 0 aliphatic rings. The van der Waals surface area contributed by atoms with Crippen molar-refractivity contribution in [2.24, 2.45) is 11.7 Å². The van der Waals surface area contributed by atoms with Gasteiger partial charge in [0.25, 0.3) is 0 Å². The fourth-order valence-corrected chi connectivity index (χ4v) is 1.84. The number of hydrogen-bond acceptors (Lipinski definition) is 4. The third-order valence-electron chi connectivity index (χ3n) is 3.49. The third kappa shape index (κ3) is 9.01. The van der Waals surface area contributed by atoms with Crippen molar-refractivity contribution in [3.63, 3.8) is 0 Å². The summed E-state index contributed by atoms with van der Waals surface area (Å²) in [4.78, 5) is 14.0. The van der Waals surface area contributed by atoms with E-state index < -0.39 is 0 Å². The van der Waals surface area contributed by atoms with Gasteiger partial charge in [-0.2, -0.15) is 0 Å². The molecule has 1 rings (SSSR count). The standard InChI is InChI=1S/C16H27N3O2.2ClH/c1-4-19(5-2)10-11-21-15-8-6-14(7-9-15)18-16(20)13(3)12-17;;/h6-9,13H,4-5,10-12,17H2,1-3H3,(H,18,20);2*1H. The van der Waals surface area contributed by atoms with Crippen molar-refractivity contribution in [2.75, 3.05) is 38.1 Å². The van der Waals surface area contributed by atoms with Crippen molar-refractivity contribution >= 4 is 36.4 Å². The summed E-state index contributed by atoms with van der Waals surface area (Å²) in [6.07, 6.45) is 0. The van der Waals surface area contributed by atoms with E-state index in [2.05, 4.69) is 24.1 Å². The minimum Gasteiger partial charge on any atom is -0.492 e. The molecule has 0 fully saturated rings. The van der Waals surface area contributed by atoms with E-state index >= 15 is 0 Å². The average Bonchev–Trinajstić information content (AvgIpc) is 2.52. The molecule has 0 bridgehead atoms. The van der Waals surface area contributed by atoms with Gasteiger partial charge in [-0.25, -0.2) is 0 Å². The first kappa shape index (κ1) is 24.2. The van der Waals surface area contributed by atoms with E-state index in [1.807, 2.05) is 24.3 Å². The molecular formula is C16H29Cl2N3O2. The second-order valence-corrected chi connectivity index (χ2v) is 5.03. The number of rotatable bonds is 9. The molecule has 23 heavy (non-hydrogen) atoms. The Morgan fingerprint density at radius 2 is 1.78 bits per heavy atom. The molecule has 3 N–H and O–H groups in total. The van der Waals surface area contributed by atoms with E-state index in [1.54, 1.807) is 6.92 Å². The molecule has 1 unspecified atom stereocenters. The highest BCUT2D eigenvalue weighted by molar-refractivity contribution is 5.92. The average molecular weight is 366 g/mol. The normalized spacial score (nSPS) is 11.2. The number of carbonyl (C=O) groups excluding carboxylic acids is 1. The highest BCUT2D eigenvalue weighted by atomic mass is 35.5. The number of carbonyl (C=O) groups is 1. The van der Waals surface area contributed by atoms with Crippen LogP contribution in [0.4, 0.5) is 5.69 Å². The molecule has 0 aromatic heterocycles. The van der Waals surface area contributed by atoms with E-state index in [4.69, 9.17) is 10.5 Å². The van der Waals surface area contributed by atoms with Crippen LogP contribution in [-0.4, -0.2) is 43.6 Å². The number of likely N-dealkylation sites (N-methyl/N-ethyl adjacent to an activating group) is 1. The van der Waals surface area contributed by atoms with Crippen LogP contribution in [0.2, 0.25) is 0 Å². The van der Waals surface area contributed by atoms with Crippen LogP contribution < -0.4 is 15.8 Å². The first-order valence-corrected chi connectivity index (χ1v) is 7.56. The highest BCUT2D eigenvalue weighted by Crippen LogP contribution is 2.16. The second-order valence-electron chi connectivity index (χ2n) is 5.03. The van der Waals surface area contributed by atoms with E-state index in [1.165, 1.54) is 0 Å². The summed E-state index contributed by atoms with van der Waals surface area (Å²) in [7, 11) is 0. The van der Waals surface area contributed by atoms with Gasteiger partial charge in [0.05, 0.1) is 0 Å². The molecule has 0 aliphatic heterocycles.